The van der Waals surface area contributed by atoms with Gasteiger partial charge >= 0.3 is 0 Å². The number of benzene rings is 1. The van der Waals surface area contributed by atoms with E-state index in [1.807, 2.05) is 0 Å². The van der Waals surface area contributed by atoms with Gasteiger partial charge in [-0.05, 0) is 25.5 Å². The summed E-state index contributed by atoms with van der Waals surface area (Å²) in [6, 6.07) is 5.63. The van der Waals surface area contributed by atoms with Gasteiger partial charge in [-0.2, -0.15) is 0 Å². The van der Waals surface area contributed by atoms with E-state index in [0.29, 0.717) is 13.1 Å². The van der Waals surface area contributed by atoms with E-state index in [4.69, 9.17) is 0 Å². The molecule has 2 rings (SSSR count). The number of hydrogen-bond acceptors (Lipinski definition) is 3. The Balaban J connectivity index is 1.85. The predicted molar refractivity (Wildman–Crippen MR) is 75.1 cm³/mol. The van der Waals surface area contributed by atoms with Crippen molar-refractivity contribution >= 4 is 11.8 Å². The molecule has 1 fully saturated rings. The normalized spacial score (nSPS) is 19.4. The summed E-state index contributed by atoms with van der Waals surface area (Å²) in [5.74, 6) is -1.36. The SMILES string of the molecule is CC(O)C1CCN(C(=O)CNC(=O)c2ccccc2F)C1. The van der Waals surface area contributed by atoms with Gasteiger partial charge in [0.25, 0.3) is 5.91 Å². The molecule has 21 heavy (non-hydrogen) atoms. The van der Waals surface area contributed by atoms with E-state index in [-0.39, 0.29) is 23.9 Å². The third kappa shape index (κ3) is 3.78. The van der Waals surface area contributed by atoms with Crippen LogP contribution in [0.15, 0.2) is 24.3 Å². The highest BCUT2D eigenvalue weighted by Crippen LogP contribution is 2.19. The predicted octanol–water partition coefficient (Wildman–Crippen LogP) is 0.785. The molecule has 1 aliphatic heterocycles. The van der Waals surface area contributed by atoms with Crippen molar-refractivity contribution in [1.29, 1.82) is 0 Å². The zero-order valence-electron chi connectivity index (χ0n) is 11.9. The number of nitrogens with zero attached hydrogens (tertiary/aromatic N) is 1. The fraction of sp³-hybridized carbons (Fsp3) is 0.467. The molecule has 0 radical (unpaired) electrons. The molecular weight excluding hydrogens is 275 g/mol. The van der Waals surface area contributed by atoms with Crippen LogP contribution in [0.2, 0.25) is 0 Å². The van der Waals surface area contributed by atoms with Gasteiger partial charge in [-0.1, -0.05) is 12.1 Å². The summed E-state index contributed by atoms with van der Waals surface area (Å²) in [6.07, 6.45) is 0.306. The maximum atomic E-state index is 13.4. The third-order valence-corrected chi connectivity index (χ3v) is 3.78. The van der Waals surface area contributed by atoms with Gasteiger partial charge in [0.2, 0.25) is 5.91 Å². The molecule has 0 aliphatic carbocycles. The van der Waals surface area contributed by atoms with Gasteiger partial charge in [-0.25, -0.2) is 4.39 Å². The Morgan fingerprint density at radius 1 is 1.48 bits per heavy atom. The van der Waals surface area contributed by atoms with Gasteiger partial charge in [-0.3, -0.25) is 9.59 Å². The van der Waals surface area contributed by atoms with Gasteiger partial charge in [0.05, 0.1) is 18.2 Å². The van der Waals surface area contributed by atoms with Crippen LogP contribution in [0, 0.1) is 11.7 Å². The number of likely N-dealkylation sites (tertiary alicyclic amines) is 1. The highest BCUT2D eigenvalue weighted by Gasteiger charge is 2.29. The number of carbonyl (C=O) groups excluding carboxylic acids is 2. The fourth-order valence-electron chi connectivity index (χ4n) is 2.42. The lowest BCUT2D eigenvalue weighted by atomic mass is 10.0. The standard InChI is InChI=1S/C15H19FN2O3/c1-10(19)11-6-7-18(9-11)14(20)8-17-15(21)12-4-2-3-5-13(12)16/h2-5,10-11,19H,6-9H2,1H3,(H,17,21). The lowest BCUT2D eigenvalue weighted by molar-refractivity contribution is -0.129. The molecule has 1 aliphatic rings. The lowest BCUT2D eigenvalue weighted by Gasteiger charge is -2.18. The Morgan fingerprint density at radius 3 is 2.81 bits per heavy atom. The molecule has 5 nitrogen and oxygen atoms in total. The Kier molecular flexibility index (Phi) is 4.90. The van der Waals surface area contributed by atoms with Crippen LogP contribution in [0.5, 0.6) is 0 Å². The van der Waals surface area contributed by atoms with Crippen LogP contribution in [-0.4, -0.2) is 47.6 Å². The van der Waals surface area contributed by atoms with Crippen LogP contribution in [0.1, 0.15) is 23.7 Å². The fourth-order valence-corrected chi connectivity index (χ4v) is 2.42. The van der Waals surface area contributed by atoms with E-state index < -0.39 is 17.8 Å². The summed E-state index contributed by atoms with van der Waals surface area (Å²) in [5, 5.41) is 11.9. The molecule has 2 amide bonds. The molecule has 0 aromatic heterocycles. The summed E-state index contributed by atoms with van der Waals surface area (Å²) in [7, 11) is 0. The summed E-state index contributed by atoms with van der Waals surface area (Å²) >= 11 is 0. The van der Waals surface area contributed by atoms with Crippen LogP contribution in [0.4, 0.5) is 4.39 Å². The van der Waals surface area contributed by atoms with Crippen LogP contribution < -0.4 is 5.32 Å². The van der Waals surface area contributed by atoms with Crippen molar-refractivity contribution in [3.05, 3.63) is 35.6 Å². The van der Waals surface area contributed by atoms with E-state index in [1.165, 1.54) is 18.2 Å². The van der Waals surface area contributed by atoms with Gasteiger partial charge < -0.3 is 15.3 Å². The van der Waals surface area contributed by atoms with Crippen molar-refractivity contribution in [2.75, 3.05) is 19.6 Å². The summed E-state index contributed by atoms with van der Waals surface area (Å²) < 4.78 is 13.4. The molecule has 1 aromatic rings. The number of aliphatic hydroxyl groups excluding tert-OH is 1. The second-order valence-corrected chi connectivity index (χ2v) is 5.29. The van der Waals surface area contributed by atoms with Crippen molar-refractivity contribution in [3.8, 4) is 0 Å². The zero-order valence-corrected chi connectivity index (χ0v) is 11.9. The number of amides is 2. The molecule has 0 bridgehead atoms. The molecule has 2 unspecified atom stereocenters. The average Bonchev–Trinajstić information content (AvgIpc) is 2.95. The number of hydrogen-bond donors (Lipinski definition) is 2. The van der Waals surface area contributed by atoms with Crippen LogP contribution in [0.25, 0.3) is 0 Å². The Labute approximate surface area is 122 Å². The molecule has 1 aromatic carbocycles. The van der Waals surface area contributed by atoms with E-state index in [0.717, 1.165) is 6.42 Å². The van der Waals surface area contributed by atoms with Crippen molar-refractivity contribution in [2.24, 2.45) is 5.92 Å². The number of halogens is 1. The van der Waals surface area contributed by atoms with Gasteiger partial charge in [0.15, 0.2) is 0 Å². The van der Waals surface area contributed by atoms with Gasteiger partial charge in [0, 0.05) is 19.0 Å². The zero-order chi connectivity index (χ0) is 15.4. The Hall–Kier alpha value is -1.95. The molecule has 1 heterocycles. The maximum Gasteiger partial charge on any atom is 0.254 e. The first kappa shape index (κ1) is 15.4. The molecule has 2 N–H and O–H groups in total. The molecular formula is C15H19FN2O3. The minimum atomic E-state index is -0.613. The average molecular weight is 294 g/mol. The first-order valence-electron chi connectivity index (χ1n) is 6.97. The lowest BCUT2D eigenvalue weighted by Crippen LogP contribution is -2.39. The molecule has 2 atom stereocenters. The summed E-state index contributed by atoms with van der Waals surface area (Å²) in [6.45, 7) is 2.61. The summed E-state index contributed by atoms with van der Waals surface area (Å²) in [5.41, 5.74) is -0.0754. The van der Waals surface area contributed by atoms with Crippen molar-refractivity contribution in [3.63, 3.8) is 0 Å². The number of carbonyl (C=O) groups is 2. The van der Waals surface area contributed by atoms with E-state index in [1.54, 1.807) is 17.9 Å². The van der Waals surface area contributed by atoms with Crippen LogP contribution in [0.3, 0.4) is 0 Å². The Morgan fingerprint density at radius 2 is 2.19 bits per heavy atom. The molecule has 114 valence electrons. The van der Waals surface area contributed by atoms with Crippen molar-refractivity contribution < 1.29 is 19.1 Å². The first-order valence-corrected chi connectivity index (χ1v) is 6.97. The number of nitrogens with one attached hydrogen (secondary N) is 1. The van der Waals surface area contributed by atoms with Crippen molar-refractivity contribution in [2.45, 2.75) is 19.4 Å². The summed E-state index contributed by atoms with van der Waals surface area (Å²) in [4.78, 5) is 25.4. The van der Waals surface area contributed by atoms with E-state index >= 15 is 0 Å². The highest BCUT2D eigenvalue weighted by molar-refractivity contribution is 5.96. The molecule has 6 heteroatoms. The highest BCUT2D eigenvalue weighted by atomic mass is 19.1. The van der Waals surface area contributed by atoms with Gasteiger partial charge in [0.1, 0.15) is 5.82 Å². The van der Waals surface area contributed by atoms with Gasteiger partial charge in [-0.15, -0.1) is 0 Å². The molecule has 0 saturated carbocycles. The number of rotatable bonds is 4. The first-order chi connectivity index (χ1) is 9.99. The van der Waals surface area contributed by atoms with E-state index in [9.17, 15) is 19.1 Å². The smallest absolute Gasteiger partial charge is 0.254 e. The van der Waals surface area contributed by atoms with E-state index in [2.05, 4.69) is 5.32 Å². The number of aliphatic hydroxyl groups is 1. The Bertz CT molecular complexity index is 533. The largest absolute Gasteiger partial charge is 0.393 e. The molecule has 1 saturated heterocycles. The maximum absolute atomic E-state index is 13.4. The second-order valence-electron chi connectivity index (χ2n) is 5.29. The quantitative estimate of drug-likeness (QED) is 0.862. The van der Waals surface area contributed by atoms with Crippen LogP contribution in [-0.2, 0) is 4.79 Å². The second kappa shape index (κ2) is 6.67. The third-order valence-electron chi connectivity index (χ3n) is 3.78. The van der Waals surface area contributed by atoms with Crippen LogP contribution >= 0.6 is 0 Å². The minimum Gasteiger partial charge on any atom is -0.393 e. The minimum absolute atomic E-state index is 0.0754. The monoisotopic (exact) mass is 294 g/mol. The molecule has 0 spiro atoms. The van der Waals surface area contributed by atoms with Crippen molar-refractivity contribution in [1.82, 2.24) is 10.2 Å². The topological polar surface area (TPSA) is 69.6 Å².